The Kier molecular flexibility index (Phi) is 5.56. The van der Waals surface area contributed by atoms with Crippen LogP contribution in [0, 0.1) is 5.82 Å². The molecule has 19 heavy (non-hydrogen) atoms. The standard InChI is InChI=1S/C12H15F4NO2/c1-19-11-3-2-9(6-10(11)13)7-17(4-5-18)8-12(14,15)16/h2-3,6,18H,4-5,7-8H2,1H3. The van der Waals surface area contributed by atoms with Crippen molar-refractivity contribution in [1.29, 1.82) is 0 Å². The first-order chi connectivity index (χ1) is 8.85. The molecule has 0 radical (unpaired) electrons. The smallest absolute Gasteiger partial charge is 0.401 e. The number of nitrogens with zero attached hydrogens (tertiary/aromatic N) is 1. The number of hydrogen-bond donors (Lipinski definition) is 1. The van der Waals surface area contributed by atoms with Gasteiger partial charge in [-0.15, -0.1) is 0 Å². The van der Waals surface area contributed by atoms with Gasteiger partial charge >= 0.3 is 6.18 Å². The molecule has 1 aromatic rings. The van der Waals surface area contributed by atoms with Crippen molar-refractivity contribution >= 4 is 0 Å². The van der Waals surface area contributed by atoms with Crippen LogP contribution < -0.4 is 4.74 Å². The lowest BCUT2D eigenvalue weighted by Crippen LogP contribution is -2.35. The predicted molar refractivity (Wildman–Crippen MR) is 61.4 cm³/mol. The Bertz CT molecular complexity index is 409. The second-order valence-corrected chi connectivity index (χ2v) is 4.02. The highest BCUT2D eigenvalue weighted by Crippen LogP contribution is 2.21. The number of halogens is 4. The molecule has 108 valence electrons. The number of rotatable bonds is 6. The molecule has 0 saturated carbocycles. The SMILES string of the molecule is COc1ccc(CN(CCO)CC(F)(F)F)cc1F. The Morgan fingerprint density at radius 2 is 2.00 bits per heavy atom. The van der Waals surface area contributed by atoms with Crippen molar-refractivity contribution in [3.05, 3.63) is 29.6 Å². The van der Waals surface area contributed by atoms with E-state index in [2.05, 4.69) is 0 Å². The van der Waals surface area contributed by atoms with E-state index in [9.17, 15) is 17.6 Å². The summed E-state index contributed by atoms with van der Waals surface area (Å²) in [6.07, 6.45) is -4.36. The molecule has 1 aromatic carbocycles. The van der Waals surface area contributed by atoms with Gasteiger partial charge in [-0.25, -0.2) is 4.39 Å². The average molecular weight is 281 g/mol. The number of alkyl halides is 3. The van der Waals surface area contributed by atoms with Crippen molar-refractivity contribution in [2.75, 3.05) is 26.8 Å². The Morgan fingerprint density at radius 3 is 2.47 bits per heavy atom. The summed E-state index contributed by atoms with van der Waals surface area (Å²) in [5, 5.41) is 8.75. The summed E-state index contributed by atoms with van der Waals surface area (Å²) in [6.45, 7) is -1.77. The van der Waals surface area contributed by atoms with E-state index >= 15 is 0 Å². The second kappa shape index (κ2) is 6.72. The highest BCUT2D eigenvalue weighted by Gasteiger charge is 2.30. The van der Waals surface area contributed by atoms with Crippen molar-refractivity contribution < 1.29 is 27.4 Å². The van der Waals surface area contributed by atoms with Crippen molar-refractivity contribution in [3.63, 3.8) is 0 Å². The Morgan fingerprint density at radius 1 is 1.32 bits per heavy atom. The third kappa shape index (κ3) is 5.44. The van der Waals surface area contributed by atoms with Gasteiger partial charge in [0, 0.05) is 13.1 Å². The summed E-state index contributed by atoms with van der Waals surface area (Å²) in [5.41, 5.74) is 0.385. The fraction of sp³-hybridized carbons (Fsp3) is 0.500. The molecule has 0 aliphatic carbocycles. The molecule has 0 unspecified atom stereocenters. The van der Waals surface area contributed by atoms with E-state index in [1.165, 1.54) is 19.2 Å². The lowest BCUT2D eigenvalue weighted by atomic mass is 10.2. The van der Waals surface area contributed by atoms with Crippen LogP contribution in [0.3, 0.4) is 0 Å². The van der Waals surface area contributed by atoms with E-state index in [1.807, 2.05) is 0 Å². The fourth-order valence-electron chi connectivity index (χ4n) is 1.68. The number of methoxy groups -OCH3 is 1. The van der Waals surface area contributed by atoms with Crippen molar-refractivity contribution in [2.45, 2.75) is 12.7 Å². The van der Waals surface area contributed by atoms with Gasteiger partial charge in [-0.3, -0.25) is 4.90 Å². The summed E-state index contributed by atoms with van der Waals surface area (Å²) in [4.78, 5) is 1.00. The molecule has 0 bridgehead atoms. The first-order valence-electron chi connectivity index (χ1n) is 5.58. The molecular weight excluding hydrogens is 266 g/mol. The van der Waals surface area contributed by atoms with E-state index in [-0.39, 0.29) is 18.8 Å². The molecule has 0 spiro atoms. The monoisotopic (exact) mass is 281 g/mol. The third-order valence-electron chi connectivity index (χ3n) is 2.44. The number of hydrogen-bond acceptors (Lipinski definition) is 3. The fourth-order valence-corrected chi connectivity index (χ4v) is 1.68. The molecule has 0 aromatic heterocycles. The van der Waals surface area contributed by atoms with Crippen LogP contribution in [0.25, 0.3) is 0 Å². The van der Waals surface area contributed by atoms with Gasteiger partial charge in [0.05, 0.1) is 20.3 Å². The molecule has 0 amide bonds. The van der Waals surface area contributed by atoms with E-state index in [1.54, 1.807) is 0 Å². The predicted octanol–water partition coefficient (Wildman–Crippen LogP) is 2.19. The Balaban J connectivity index is 2.76. The summed E-state index contributed by atoms with van der Waals surface area (Å²) < 4.78 is 55.1. The molecule has 0 heterocycles. The van der Waals surface area contributed by atoms with E-state index in [0.29, 0.717) is 5.56 Å². The van der Waals surface area contributed by atoms with Gasteiger partial charge in [-0.05, 0) is 17.7 Å². The highest BCUT2D eigenvalue weighted by atomic mass is 19.4. The number of aliphatic hydroxyl groups excluding tert-OH is 1. The highest BCUT2D eigenvalue weighted by molar-refractivity contribution is 5.29. The molecule has 0 saturated heterocycles. The Labute approximate surface area is 108 Å². The lowest BCUT2D eigenvalue weighted by Gasteiger charge is -2.22. The lowest BCUT2D eigenvalue weighted by molar-refractivity contribution is -0.147. The molecule has 0 atom stereocenters. The van der Waals surface area contributed by atoms with Crippen LogP contribution in [0.5, 0.6) is 5.75 Å². The zero-order chi connectivity index (χ0) is 14.5. The number of aliphatic hydroxyl groups is 1. The molecule has 0 fully saturated rings. The van der Waals surface area contributed by atoms with Crippen LogP contribution >= 0.6 is 0 Å². The summed E-state index contributed by atoms with van der Waals surface area (Å²) >= 11 is 0. The van der Waals surface area contributed by atoms with Gasteiger partial charge in [0.2, 0.25) is 0 Å². The van der Waals surface area contributed by atoms with Crippen LogP contribution in [0.2, 0.25) is 0 Å². The topological polar surface area (TPSA) is 32.7 Å². The summed E-state index contributed by atoms with van der Waals surface area (Å²) in [7, 11) is 1.31. The van der Waals surface area contributed by atoms with E-state index in [4.69, 9.17) is 9.84 Å². The number of ether oxygens (including phenoxy) is 1. The van der Waals surface area contributed by atoms with Crippen LogP contribution in [0.4, 0.5) is 17.6 Å². The molecule has 0 aliphatic rings. The van der Waals surface area contributed by atoms with Crippen molar-refractivity contribution in [1.82, 2.24) is 4.90 Å². The first-order valence-corrected chi connectivity index (χ1v) is 5.58. The van der Waals surface area contributed by atoms with Crippen molar-refractivity contribution in [3.8, 4) is 5.75 Å². The van der Waals surface area contributed by atoms with Crippen LogP contribution in [-0.2, 0) is 6.54 Å². The normalized spacial score (nSPS) is 11.9. The van der Waals surface area contributed by atoms with Crippen LogP contribution in [0.15, 0.2) is 18.2 Å². The molecular formula is C12H15F4NO2. The second-order valence-electron chi connectivity index (χ2n) is 4.02. The molecule has 1 N–H and O–H groups in total. The minimum Gasteiger partial charge on any atom is -0.494 e. The minimum atomic E-state index is -4.36. The maximum Gasteiger partial charge on any atom is 0.401 e. The van der Waals surface area contributed by atoms with Gasteiger partial charge in [-0.1, -0.05) is 6.07 Å². The van der Waals surface area contributed by atoms with Gasteiger partial charge in [0.25, 0.3) is 0 Å². The van der Waals surface area contributed by atoms with E-state index in [0.717, 1.165) is 11.0 Å². The maximum atomic E-state index is 13.4. The first kappa shape index (κ1) is 15.7. The van der Waals surface area contributed by atoms with Gasteiger partial charge in [0.15, 0.2) is 11.6 Å². The molecule has 1 rings (SSSR count). The average Bonchev–Trinajstić information content (AvgIpc) is 2.27. The van der Waals surface area contributed by atoms with E-state index < -0.39 is 25.1 Å². The minimum absolute atomic E-state index is 0.0354. The van der Waals surface area contributed by atoms with Gasteiger partial charge in [0.1, 0.15) is 0 Å². The maximum absolute atomic E-state index is 13.4. The van der Waals surface area contributed by atoms with Crippen LogP contribution in [0.1, 0.15) is 5.56 Å². The summed E-state index contributed by atoms with van der Waals surface area (Å²) in [6, 6.07) is 3.97. The largest absolute Gasteiger partial charge is 0.494 e. The quantitative estimate of drug-likeness (QED) is 0.811. The molecule has 3 nitrogen and oxygen atoms in total. The van der Waals surface area contributed by atoms with Crippen LogP contribution in [-0.4, -0.2) is 43.0 Å². The van der Waals surface area contributed by atoms with Gasteiger partial charge in [-0.2, -0.15) is 13.2 Å². The van der Waals surface area contributed by atoms with Gasteiger partial charge < -0.3 is 9.84 Å². The zero-order valence-electron chi connectivity index (χ0n) is 10.4. The third-order valence-corrected chi connectivity index (χ3v) is 2.44. The number of benzene rings is 1. The summed E-state index contributed by atoms with van der Waals surface area (Å²) in [5.74, 6) is -0.593. The molecule has 0 aliphatic heterocycles. The molecule has 7 heteroatoms. The van der Waals surface area contributed by atoms with Crippen molar-refractivity contribution in [2.24, 2.45) is 0 Å². The Hall–Kier alpha value is -1.34. The zero-order valence-corrected chi connectivity index (χ0v) is 10.4.